The summed E-state index contributed by atoms with van der Waals surface area (Å²) < 4.78 is 5.60. The Morgan fingerprint density at radius 3 is 2.89 bits per heavy atom. The second-order valence-electron chi connectivity index (χ2n) is 4.87. The van der Waals surface area contributed by atoms with Gasteiger partial charge in [-0.05, 0) is 32.1 Å². The van der Waals surface area contributed by atoms with E-state index < -0.39 is 0 Å². The lowest BCUT2D eigenvalue weighted by atomic mass is 10.0. The maximum Gasteiger partial charge on any atom is 0.220 e. The SMILES string of the molecule is CCC(CC(N)=S)NC(=O)CCC1CCCCO1. The lowest BCUT2D eigenvalue weighted by Crippen LogP contribution is -2.37. The molecule has 0 aromatic heterocycles. The first-order chi connectivity index (χ1) is 8.61. The van der Waals surface area contributed by atoms with E-state index in [1.807, 2.05) is 6.92 Å². The fraction of sp³-hybridized carbons (Fsp3) is 0.846. The van der Waals surface area contributed by atoms with Crippen molar-refractivity contribution in [3.05, 3.63) is 0 Å². The minimum Gasteiger partial charge on any atom is -0.393 e. The van der Waals surface area contributed by atoms with E-state index in [1.165, 1.54) is 6.42 Å². The van der Waals surface area contributed by atoms with Crippen LogP contribution in [0.25, 0.3) is 0 Å². The molecule has 2 unspecified atom stereocenters. The molecule has 3 N–H and O–H groups in total. The number of rotatable bonds is 7. The van der Waals surface area contributed by atoms with Crippen LogP contribution in [-0.2, 0) is 9.53 Å². The Balaban J connectivity index is 2.20. The van der Waals surface area contributed by atoms with Crippen molar-refractivity contribution < 1.29 is 9.53 Å². The number of carbonyl (C=O) groups excluding carboxylic acids is 1. The third kappa shape index (κ3) is 6.31. The van der Waals surface area contributed by atoms with E-state index in [1.54, 1.807) is 0 Å². The number of nitrogens with one attached hydrogen (secondary N) is 1. The standard InChI is InChI=1S/C13H24N2O2S/c1-2-10(9-12(14)18)15-13(16)7-6-11-5-3-4-8-17-11/h10-11H,2-9H2,1H3,(H2,14,18)(H,15,16). The minimum absolute atomic E-state index is 0.0716. The van der Waals surface area contributed by atoms with Crippen molar-refractivity contribution in [3.8, 4) is 0 Å². The summed E-state index contributed by atoms with van der Waals surface area (Å²) in [7, 11) is 0. The Kier molecular flexibility index (Phi) is 7.20. The van der Waals surface area contributed by atoms with E-state index in [4.69, 9.17) is 22.7 Å². The molecule has 1 heterocycles. The molecule has 0 radical (unpaired) electrons. The zero-order valence-corrected chi connectivity index (χ0v) is 11.9. The van der Waals surface area contributed by atoms with Gasteiger partial charge in [0.15, 0.2) is 0 Å². The van der Waals surface area contributed by atoms with Gasteiger partial charge in [0.1, 0.15) is 0 Å². The fourth-order valence-corrected chi connectivity index (χ4v) is 2.37. The van der Waals surface area contributed by atoms with E-state index in [-0.39, 0.29) is 18.1 Å². The topological polar surface area (TPSA) is 64.3 Å². The third-order valence-electron chi connectivity index (χ3n) is 3.27. The smallest absolute Gasteiger partial charge is 0.220 e. The Bertz CT molecular complexity index is 278. The van der Waals surface area contributed by atoms with E-state index in [0.717, 1.165) is 32.3 Å². The van der Waals surface area contributed by atoms with Crippen LogP contribution >= 0.6 is 12.2 Å². The van der Waals surface area contributed by atoms with Gasteiger partial charge in [0, 0.05) is 25.5 Å². The highest BCUT2D eigenvalue weighted by Gasteiger charge is 2.16. The van der Waals surface area contributed by atoms with Gasteiger partial charge in [-0.1, -0.05) is 19.1 Å². The molecule has 1 rings (SSSR count). The van der Waals surface area contributed by atoms with Gasteiger partial charge in [0.05, 0.1) is 11.1 Å². The van der Waals surface area contributed by atoms with Crippen molar-refractivity contribution in [2.45, 2.75) is 64.0 Å². The molecular weight excluding hydrogens is 248 g/mol. The van der Waals surface area contributed by atoms with Crippen LogP contribution in [0.5, 0.6) is 0 Å². The maximum absolute atomic E-state index is 11.8. The summed E-state index contributed by atoms with van der Waals surface area (Å²) in [6, 6.07) is 0.0716. The quantitative estimate of drug-likeness (QED) is 0.695. The summed E-state index contributed by atoms with van der Waals surface area (Å²) in [4.78, 5) is 12.2. The highest BCUT2D eigenvalue weighted by molar-refractivity contribution is 7.80. The number of amides is 1. The summed E-state index contributed by atoms with van der Waals surface area (Å²) in [5, 5.41) is 2.98. The highest BCUT2D eigenvalue weighted by atomic mass is 32.1. The molecule has 4 nitrogen and oxygen atoms in total. The Morgan fingerprint density at radius 1 is 1.56 bits per heavy atom. The molecule has 1 aliphatic heterocycles. The van der Waals surface area contributed by atoms with Gasteiger partial charge >= 0.3 is 0 Å². The number of thiocarbonyl (C=S) groups is 1. The molecule has 1 aliphatic rings. The molecule has 1 amide bonds. The van der Waals surface area contributed by atoms with Crippen molar-refractivity contribution in [3.63, 3.8) is 0 Å². The Labute approximate surface area is 115 Å². The van der Waals surface area contributed by atoms with Crippen molar-refractivity contribution in [1.82, 2.24) is 5.32 Å². The van der Waals surface area contributed by atoms with Crippen LogP contribution in [0.2, 0.25) is 0 Å². The van der Waals surface area contributed by atoms with Crippen LogP contribution in [0.3, 0.4) is 0 Å². The van der Waals surface area contributed by atoms with Gasteiger partial charge in [-0.15, -0.1) is 0 Å². The van der Waals surface area contributed by atoms with E-state index in [0.29, 0.717) is 17.8 Å². The highest BCUT2D eigenvalue weighted by Crippen LogP contribution is 2.16. The first-order valence-electron chi connectivity index (χ1n) is 6.81. The number of nitrogens with two attached hydrogens (primary N) is 1. The lowest BCUT2D eigenvalue weighted by Gasteiger charge is -2.23. The predicted octanol–water partition coefficient (Wildman–Crippen LogP) is 1.91. The van der Waals surface area contributed by atoms with Crippen LogP contribution in [0.4, 0.5) is 0 Å². The number of carbonyl (C=O) groups is 1. The second kappa shape index (κ2) is 8.43. The summed E-state index contributed by atoms with van der Waals surface area (Å²) in [5.41, 5.74) is 5.50. The molecule has 1 fully saturated rings. The van der Waals surface area contributed by atoms with Crippen LogP contribution in [-0.4, -0.2) is 29.6 Å². The monoisotopic (exact) mass is 272 g/mol. The van der Waals surface area contributed by atoms with Crippen LogP contribution in [0.15, 0.2) is 0 Å². The molecule has 0 aromatic carbocycles. The summed E-state index contributed by atoms with van der Waals surface area (Å²) in [6.07, 6.45) is 6.48. The van der Waals surface area contributed by atoms with E-state index >= 15 is 0 Å². The second-order valence-corrected chi connectivity index (χ2v) is 5.39. The van der Waals surface area contributed by atoms with Gasteiger partial charge in [-0.25, -0.2) is 0 Å². The first-order valence-corrected chi connectivity index (χ1v) is 7.22. The van der Waals surface area contributed by atoms with Gasteiger partial charge < -0.3 is 15.8 Å². The molecule has 0 spiro atoms. The zero-order chi connectivity index (χ0) is 13.4. The van der Waals surface area contributed by atoms with Gasteiger partial charge in [0.25, 0.3) is 0 Å². The minimum atomic E-state index is 0.0716. The molecule has 0 aliphatic carbocycles. The van der Waals surface area contributed by atoms with Crippen molar-refractivity contribution in [1.29, 1.82) is 0 Å². The molecule has 5 heteroatoms. The molecule has 1 saturated heterocycles. The molecule has 0 bridgehead atoms. The normalized spacial score (nSPS) is 21.3. The number of ether oxygens (including phenoxy) is 1. The maximum atomic E-state index is 11.8. The van der Waals surface area contributed by atoms with E-state index in [9.17, 15) is 4.79 Å². The van der Waals surface area contributed by atoms with Crippen LogP contribution in [0.1, 0.15) is 51.9 Å². The molecule has 2 atom stereocenters. The number of hydrogen-bond acceptors (Lipinski definition) is 3. The molecule has 104 valence electrons. The summed E-state index contributed by atoms with van der Waals surface area (Å²) in [6.45, 7) is 2.86. The van der Waals surface area contributed by atoms with Crippen molar-refractivity contribution >= 4 is 23.1 Å². The number of hydrogen-bond donors (Lipinski definition) is 2. The largest absolute Gasteiger partial charge is 0.393 e. The molecule has 0 aromatic rings. The average Bonchev–Trinajstić information content (AvgIpc) is 2.36. The van der Waals surface area contributed by atoms with Gasteiger partial charge in [-0.3, -0.25) is 4.79 Å². The van der Waals surface area contributed by atoms with Crippen molar-refractivity contribution in [2.75, 3.05) is 6.61 Å². The summed E-state index contributed by atoms with van der Waals surface area (Å²) >= 11 is 4.86. The lowest BCUT2D eigenvalue weighted by molar-refractivity contribution is -0.122. The fourth-order valence-electron chi connectivity index (χ4n) is 2.17. The summed E-state index contributed by atoms with van der Waals surface area (Å²) in [5.74, 6) is 0.0762. The predicted molar refractivity (Wildman–Crippen MR) is 76.4 cm³/mol. The Morgan fingerprint density at radius 2 is 2.33 bits per heavy atom. The molecular formula is C13H24N2O2S. The van der Waals surface area contributed by atoms with Crippen molar-refractivity contribution in [2.24, 2.45) is 5.73 Å². The van der Waals surface area contributed by atoms with Crippen LogP contribution < -0.4 is 11.1 Å². The molecule has 18 heavy (non-hydrogen) atoms. The van der Waals surface area contributed by atoms with E-state index in [2.05, 4.69) is 5.32 Å². The Hall–Kier alpha value is -0.680. The third-order valence-corrected chi connectivity index (χ3v) is 3.44. The zero-order valence-electron chi connectivity index (χ0n) is 11.1. The molecule has 0 saturated carbocycles. The van der Waals surface area contributed by atoms with Gasteiger partial charge in [-0.2, -0.15) is 0 Å². The van der Waals surface area contributed by atoms with Crippen LogP contribution in [0, 0.1) is 0 Å². The first kappa shape index (κ1) is 15.4. The average molecular weight is 272 g/mol. The van der Waals surface area contributed by atoms with Gasteiger partial charge in [0.2, 0.25) is 5.91 Å².